The van der Waals surface area contributed by atoms with Gasteiger partial charge in [-0.15, -0.1) is 0 Å². The van der Waals surface area contributed by atoms with Crippen LogP contribution in [-0.2, 0) is 4.79 Å². The number of hydrogen-bond donors (Lipinski definition) is 1. The average molecular weight is 279 g/mol. The summed E-state index contributed by atoms with van der Waals surface area (Å²) in [7, 11) is 0. The normalized spacial score (nSPS) is 12.8. The first-order valence-corrected chi connectivity index (χ1v) is 7.23. The molecule has 0 saturated heterocycles. The molecule has 108 valence electrons. The Hall–Kier alpha value is -2.35. The minimum absolute atomic E-state index is 0.0425. The maximum absolute atomic E-state index is 12.0. The van der Waals surface area contributed by atoms with Crippen LogP contribution in [0.2, 0.25) is 0 Å². The third-order valence-corrected chi connectivity index (χ3v) is 3.53. The molecule has 0 heterocycles. The van der Waals surface area contributed by atoms with Crippen LogP contribution in [0, 0.1) is 0 Å². The van der Waals surface area contributed by atoms with Gasteiger partial charge in [0, 0.05) is 12.6 Å². The molecular weight excluding hydrogens is 258 g/mol. The number of allylic oxidation sites excluding steroid dienone is 1. The van der Waals surface area contributed by atoms with Gasteiger partial charge < -0.3 is 5.32 Å². The highest BCUT2D eigenvalue weighted by Crippen LogP contribution is 2.14. The van der Waals surface area contributed by atoms with Crippen LogP contribution < -0.4 is 5.32 Å². The summed E-state index contributed by atoms with van der Waals surface area (Å²) in [4.78, 5) is 12.0. The van der Waals surface area contributed by atoms with Crippen molar-refractivity contribution < 1.29 is 4.79 Å². The number of carbonyl (C=O) groups is 1. The number of hydrogen-bond acceptors (Lipinski definition) is 1. The monoisotopic (exact) mass is 279 g/mol. The summed E-state index contributed by atoms with van der Waals surface area (Å²) in [5, 5.41) is 2.97. The van der Waals surface area contributed by atoms with Crippen LogP contribution in [0.5, 0.6) is 0 Å². The average Bonchev–Trinajstić information content (AvgIpc) is 2.54. The van der Waals surface area contributed by atoms with Crippen LogP contribution in [0.15, 0.2) is 66.7 Å². The van der Waals surface area contributed by atoms with Crippen LogP contribution in [0.1, 0.15) is 30.9 Å². The van der Waals surface area contributed by atoms with Crippen molar-refractivity contribution in [3.63, 3.8) is 0 Å². The predicted octanol–water partition coefficient (Wildman–Crippen LogP) is 4.01. The molecular formula is C19H21NO. The zero-order chi connectivity index (χ0) is 15.1. The molecule has 21 heavy (non-hydrogen) atoms. The van der Waals surface area contributed by atoms with Gasteiger partial charge in [-0.3, -0.25) is 4.79 Å². The molecule has 0 saturated carbocycles. The maximum atomic E-state index is 12.0. The molecule has 0 aliphatic heterocycles. The van der Waals surface area contributed by atoms with Crippen LogP contribution in [0.4, 0.5) is 0 Å². The summed E-state index contributed by atoms with van der Waals surface area (Å²) >= 11 is 0. The minimum Gasteiger partial charge on any atom is -0.352 e. The van der Waals surface area contributed by atoms with Gasteiger partial charge in [0.25, 0.3) is 0 Å². The zero-order valence-electron chi connectivity index (χ0n) is 12.5. The topological polar surface area (TPSA) is 29.1 Å². The van der Waals surface area contributed by atoms with E-state index >= 15 is 0 Å². The third kappa shape index (κ3) is 4.60. The molecule has 2 heteroatoms. The Bertz CT molecular complexity index is 602. The first-order valence-electron chi connectivity index (χ1n) is 7.23. The minimum atomic E-state index is -0.0425. The first kappa shape index (κ1) is 15.0. The van der Waals surface area contributed by atoms with Crippen LogP contribution in [0.25, 0.3) is 5.57 Å². The van der Waals surface area contributed by atoms with Crippen LogP contribution in [0.3, 0.4) is 0 Å². The van der Waals surface area contributed by atoms with E-state index in [-0.39, 0.29) is 5.91 Å². The second kappa shape index (κ2) is 7.44. The summed E-state index contributed by atoms with van der Waals surface area (Å²) in [6.07, 6.45) is 1.66. The summed E-state index contributed by atoms with van der Waals surface area (Å²) in [6, 6.07) is 20.1. The lowest BCUT2D eigenvalue weighted by molar-refractivity contribution is -0.116. The van der Waals surface area contributed by atoms with Crippen molar-refractivity contribution in [3.05, 3.63) is 77.9 Å². The number of rotatable bonds is 5. The van der Waals surface area contributed by atoms with Crippen molar-refractivity contribution in [1.82, 2.24) is 5.32 Å². The summed E-state index contributed by atoms with van der Waals surface area (Å²) in [6.45, 7) is 4.71. The Morgan fingerprint density at radius 2 is 1.62 bits per heavy atom. The standard InChI is InChI=1S/C19H21NO/c1-15(17-9-5-3-6-10-17)13-19(21)20-14-16(2)18-11-7-4-8-12-18/h3-13,16H,14H2,1-2H3,(H,20,21)/b15-13+/t16-/m1/s1. The lowest BCUT2D eigenvalue weighted by Crippen LogP contribution is -2.25. The van der Waals surface area contributed by atoms with Gasteiger partial charge in [0.2, 0.25) is 5.91 Å². The van der Waals surface area contributed by atoms with Gasteiger partial charge in [0.1, 0.15) is 0 Å². The molecule has 2 aromatic rings. The number of carbonyl (C=O) groups excluding carboxylic acids is 1. The van der Waals surface area contributed by atoms with E-state index in [2.05, 4.69) is 24.4 Å². The van der Waals surface area contributed by atoms with Crippen molar-refractivity contribution >= 4 is 11.5 Å². The smallest absolute Gasteiger partial charge is 0.244 e. The fourth-order valence-corrected chi connectivity index (χ4v) is 2.19. The largest absolute Gasteiger partial charge is 0.352 e. The van der Waals surface area contributed by atoms with E-state index in [1.807, 2.05) is 55.5 Å². The van der Waals surface area contributed by atoms with Crippen molar-refractivity contribution in [3.8, 4) is 0 Å². The molecule has 1 N–H and O–H groups in total. The van der Waals surface area contributed by atoms with Gasteiger partial charge >= 0.3 is 0 Å². The van der Waals surface area contributed by atoms with Gasteiger partial charge in [-0.1, -0.05) is 67.6 Å². The highest BCUT2D eigenvalue weighted by atomic mass is 16.1. The molecule has 2 rings (SSSR count). The highest BCUT2D eigenvalue weighted by molar-refractivity contribution is 5.94. The molecule has 0 spiro atoms. The number of nitrogens with one attached hydrogen (secondary N) is 1. The van der Waals surface area contributed by atoms with Gasteiger partial charge in [-0.05, 0) is 29.5 Å². The Labute approximate surface area is 126 Å². The molecule has 0 aliphatic rings. The fourth-order valence-electron chi connectivity index (χ4n) is 2.19. The molecule has 0 radical (unpaired) electrons. The maximum Gasteiger partial charge on any atom is 0.244 e. The van der Waals surface area contributed by atoms with Gasteiger partial charge in [0.15, 0.2) is 0 Å². The predicted molar refractivity (Wildman–Crippen MR) is 88.0 cm³/mol. The van der Waals surface area contributed by atoms with Crippen molar-refractivity contribution in [2.75, 3.05) is 6.54 Å². The van der Waals surface area contributed by atoms with Crippen molar-refractivity contribution in [2.45, 2.75) is 19.8 Å². The number of amides is 1. The van der Waals surface area contributed by atoms with E-state index in [4.69, 9.17) is 0 Å². The van der Waals surface area contributed by atoms with E-state index in [1.54, 1.807) is 6.08 Å². The molecule has 2 nitrogen and oxygen atoms in total. The quantitative estimate of drug-likeness (QED) is 0.823. The van der Waals surface area contributed by atoms with E-state index < -0.39 is 0 Å². The van der Waals surface area contributed by atoms with Gasteiger partial charge in [-0.2, -0.15) is 0 Å². The second-order valence-corrected chi connectivity index (χ2v) is 5.25. The molecule has 0 aliphatic carbocycles. The summed E-state index contributed by atoms with van der Waals surface area (Å²) in [5.41, 5.74) is 3.28. The Morgan fingerprint density at radius 1 is 1.05 bits per heavy atom. The van der Waals surface area contributed by atoms with Gasteiger partial charge in [-0.25, -0.2) is 0 Å². The molecule has 0 aromatic heterocycles. The van der Waals surface area contributed by atoms with E-state index in [0.717, 1.165) is 11.1 Å². The van der Waals surface area contributed by atoms with E-state index in [0.29, 0.717) is 12.5 Å². The van der Waals surface area contributed by atoms with Crippen molar-refractivity contribution in [2.24, 2.45) is 0 Å². The molecule has 2 aromatic carbocycles. The molecule has 1 atom stereocenters. The lowest BCUT2D eigenvalue weighted by Gasteiger charge is -2.12. The molecule has 0 bridgehead atoms. The molecule has 0 unspecified atom stereocenters. The van der Waals surface area contributed by atoms with Gasteiger partial charge in [0.05, 0.1) is 0 Å². The molecule has 0 fully saturated rings. The third-order valence-electron chi connectivity index (χ3n) is 3.53. The lowest BCUT2D eigenvalue weighted by atomic mass is 10.0. The van der Waals surface area contributed by atoms with E-state index in [1.165, 1.54) is 5.56 Å². The van der Waals surface area contributed by atoms with E-state index in [9.17, 15) is 4.79 Å². The second-order valence-electron chi connectivity index (χ2n) is 5.25. The van der Waals surface area contributed by atoms with Crippen LogP contribution in [-0.4, -0.2) is 12.5 Å². The van der Waals surface area contributed by atoms with Crippen molar-refractivity contribution in [1.29, 1.82) is 0 Å². The zero-order valence-corrected chi connectivity index (χ0v) is 12.5. The SMILES string of the molecule is C/C(=C\C(=O)NC[C@@H](C)c1ccccc1)c1ccccc1. The Kier molecular flexibility index (Phi) is 5.33. The Balaban J connectivity index is 1.90. The fraction of sp³-hybridized carbons (Fsp3) is 0.211. The van der Waals surface area contributed by atoms with Crippen LogP contribution >= 0.6 is 0 Å². The highest BCUT2D eigenvalue weighted by Gasteiger charge is 2.06. The summed E-state index contributed by atoms with van der Waals surface area (Å²) < 4.78 is 0. The number of benzene rings is 2. The molecule has 1 amide bonds. The first-order chi connectivity index (χ1) is 10.2. The Morgan fingerprint density at radius 3 is 2.24 bits per heavy atom. The summed E-state index contributed by atoms with van der Waals surface area (Å²) in [5.74, 6) is 0.264.